The van der Waals surface area contributed by atoms with E-state index in [1.807, 2.05) is 46.6 Å². The molecule has 0 aliphatic heterocycles. The molecule has 1 atom stereocenters. The van der Waals surface area contributed by atoms with E-state index in [0.717, 1.165) is 4.88 Å². The fourth-order valence-electron chi connectivity index (χ4n) is 2.31. The summed E-state index contributed by atoms with van der Waals surface area (Å²) in [4.78, 5) is 13.4. The second-order valence-electron chi connectivity index (χ2n) is 4.92. The molecule has 0 saturated heterocycles. The Hall–Kier alpha value is -2.40. The minimum Gasteiger partial charge on any atom is -0.346 e. The lowest BCUT2D eigenvalue weighted by atomic mass is 10.1. The Balaban J connectivity index is 1.73. The molecular weight excluding hydrogens is 299 g/mol. The molecule has 112 valence electrons. The summed E-state index contributed by atoms with van der Waals surface area (Å²) in [7, 11) is 0. The maximum atomic E-state index is 12.9. The molecule has 3 rings (SSSR count). The number of aromatic nitrogens is 1. The van der Waals surface area contributed by atoms with Crippen molar-refractivity contribution in [1.82, 2.24) is 4.57 Å². The third-order valence-corrected chi connectivity index (χ3v) is 4.34. The lowest BCUT2D eigenvalue weighted by Crippen LogP contribution is -2.19. The maximum Gasteiger partial charge on any atom is 0.226 e. The van der Waals surface area contributed by atoms with Crippen molar-refractivity contribution in [1.29, 1.82) is 0 Å². The van der Waals surface area contributed by atoms with Crippen LogP contribution >= 0.6 is 11.3 Å². The van der Waals surface area contributed by atoms with Crippen LogP contribution in [0.5, 0.6) is 0 Å². The van der Waals surface area contributed by atoms with E-state index >= 15 is 0 Å². The van der Waals surface area contributed by atoms with Crippen LogP contribution in [0, 0.1) is 5.82 Å². The number of nitrogens with zero attached hydrogens (tertiary/aromatic N) is 1. The van der Waals surface area contributed by atoms with Crippen LogP contribution in [0.1, 0.15) is 17.3 Å². The molecule has 2 heterocycles. The number of anilines is 1. The lowest BCUT2D eigenvalue weighted by molar-refractivity contribution is -0.116. The van der Waals surface area contributed by atoms with E-state index < -0.39 is 0 Å². The summed E-state index contributed by atoms with van der Waals surface area (Å²) < 4.78 is 14.9. The van der Waals surface area contributed by atoms with Crippen molar-refractivity contribution in [3.05, 3.63) is 77.0 Å². The highest BCUT2D eigenvalue weighted by atomic mass is 32.1. The maximum absolute atomic E-state index is 12.9. The lowest BCUT2D eigenvalue weighted by Gasteiger charge is -2.17. The number of carbonyl (C=O) groups is 1. The van der Waals surface area contributed by atoms with Gasteiger partial charge in [0, 0.05) is 23.0 Å². The molecule has 1 N–H and O–H groups in total. The average molecular weight is 314 g/mol. The van der Waals surface area contributed by atoms with Gasteiger partial charge in [-0.1, -0.05) is 6.07 Å². The van der Waals surface area contributed by atoms with Crippen molar-refractivity contribution < 1.29 is 9.18 Å². The van der Waals surface area contributed by atoms with Gasteiger partial charge < -0.3 is 9.88 Å². The molecule has 1 aromatic carbocycles. The fraction of sp³-hybridized carbons (Fsp3) is 0.118. The van der Waals surface area contributed by atoms with Gasteiger partial charge in [0.25, 0.3) is 0 Å². The van der Waals surface area contributed by atoms with E-state index in [-0.39, 0.29) is 17.8 Å². The molecule has 0 aliphatic rings. The zero-order valence-corrected chi connectivity index (χ0v) is 12.6. The Morgan fingerprint density at radius 3 is 2.50 bits per heavy atom. The SMILES string of the molecule is O=C(C[C@@H](c1cccs1)n1cccc1)Nc1ccc(F)cc1. The minimum absolute atomic E-state index is 0.0320. The molecule has 1 amide bonds. The number of hydrogen-bond acceptors (Lipinski definition) is 2. The van der Waals surface area contributed by atoms with Crippen LogP contribution in [0.2, 0.25) is 0 Å². The summed E-state index contributed by atoms with van der Waals surface area (Å²) in [5.74, 6) is -0.416. The van der Waals surface area contributed by atoms with Crippen LogP contribution in [0.15, 0.2) is 66.3 Å². The molecule has 22 heavy (non-hydrogen) atoms. The molecule has 0 bridgehead atoms. The van der Waals surface area contributed by atoms with E-state index in [1.54, 1.807) is 23.5 Å². The largest absolute Gasteiger partial charge is 0.346 e. The van der Waals surface area contributed by atoms with Gasteiger partial charge in [-0.25, -0.2) is 4.39 Å². The normalized spacial score (nSPS) is 12.0. The first-order valence-corrected chi connectivity index (χ1v) is 7.81. The smallest absolute Gasteiger partial charge is 0.226 e. The summed E-state index contributed by atoms with van der Waals surface area (Å²) >= 11 is 1.63. The molecule has 0 aliphatic carbocycles. The van der Waals surface area contributed by atoms with Gasteiger partial charge >= 0.3 is 0 Å². The molecule has 0 spiro atoms. The van der Waals surface area contributed by atoms with Crippen LogP contribution < -0.4 is 5.32 Å². The Morgan fingerprint density at radius 2 is 1.86 bits per heavy atom. The second-order valence-corrected chi connectivity index (χ2v) is 5.90. The zero-order chi connectivity index (χ0) is 15.4. The monoisotopic (exact) mass is 314 g/mol. The molecule has 2 aromatic heterocycles. The van der Waals surface area contributed by atoms with Gasteiger partial charge in [0.2, 0.25) is 5.91 Å². The van der Waals surface area contributed by atoms with Crippen LogP contribution in [0.4, 0.5) is 10.1 Å². The molecule has 0 saturated carbocycles. The van der Waals surface area contributed by atoms with Gasteiger partial charge in [-0.3, -0.25) is 4.79 Å². The van der Waals surface area contributed by atoms with Gasteiger partial charge in [0.15, 0.2) is 0 Å². The first kappa shape index (κ1) is 14.5. The predicted molar refractivity (Wildman–Crippen MR) is 86.5 cm³/mol. The van der Waals surface area contributed by atoms with Crippen molar-refractivity contribution in [3.8, 4) is 0 Å². The van der Waals surface area contributed by atoms with Crippen molar-refractivity contribution in [2.75, 3.05) is 5.32 Å². The van der Waals surface area contributed by atoms with Crippen molar-refractivity contribution >= 4 is 22.9 Å². The molecule has 3 aromatic rings. The number of amides is 1. The third-order valence-electron chi connectivity index (χ3n) is 3.37. The van der Waals surface area contributed by atoms with Gasteiger partial charge in [-0.15, -0.1) is 11.3 Å². The summed E-state index contributed by atoms with van der Waals surface area (Å²) in [6, 6.07) is 13.6. The summed E-state index contributed by atoms with van der Waals surface area (Å²) in [5, 5.41) is 4.81. The standard InChI is InChI=1S/C17H15FN2OS/c18-13-5-7-14(8-6-13)19-17(21)12-15(16-4-3-11-22-16)20-9-1-2-10-20/h1-11,15H,12H2,(H,19,21)/t15-/m0/s1. The molecular formula is C17H15FN2OS. The quantitative estimate of drug-likeness (QED) is 0.748. The minimum atomic E-state index is -0.318. The molecule has 3 nitrogen and oxygen atoms in total. The average Bonchev–Trinajstić information content (AvgIpc) is 3.21. The van der Waals surface area contributed by atoms with Gasteiger partial charge in [-0.2, -0.15) is 0 Å². The fourth-order valence-corrected chi connectivity index (χ4v) is 3.14. The summed E-state index contributed by atoms with van der Waals surface area (Å²) in [6.07, 6.45) is 4.23. The number of rotatable bonds is 5. The summed E-state index contributed by atoms with van der Waals surface area (Å²) in [5.41, 5.74) is 0.601. The van der Waals surface area contributed by atoms with Crippen LogP contribution in [0.25, 0.3) is 0 Å². The third kappa shape index (κ3) is 3.43. The first-order valence-electron chi connectivity index (χ1n) is 6.93. The van der Waals surface area contributed by atoms with Crippen LogP contribution in [-0.4, -0.2) is 10.5 Å². The Kier molecular flexibility index (Phi) is 4.34. The highest BCUT2D eigenvalue weighted by molar-refractivity contribution is 7.10. The molecule has 5 heteroatoms. The molecule has 0 radical (unpaired) electrons. The van der Waals surface area contributed by atoms with E-state index in [0.29, 0.717) is 12.1 Å². The van der Waals surface area contributed by atoms with E-state index in [9.17, 15) is 9.18 Å². The van der Waals surface area contributed by atoms with Crippen LogP contribution in [0.3, 0.4) is 0 Å². The Bertz CT molecular complexity index is 686. The number of hydrogen-bond donors (Lipinski definition) is 1. The zero-order valence-electron chi connectivity index (χ0n) is 11.8. The van der Waals surface area contributed by atoms with Gasteiger partial charge in [-0.05, 0) is 47.8 Å². The molecule has 0 unspecified atom stereocenters. The number of thiophene rings is 1. The highest BCUT2D eigenvalue weighted by Crippen LogP contribution is 2.27. The predicted octanol–water partition coefficient (Wildman–Crippen LogP) is 4.31. The van der Waals surface area contributed by atoms with E-state index in [4.69, 9.17) is 0 Å². The Morgan fingerprint density at radius 1 is 1.14 bits per heavy atom. The van der Waals surface area contributed by atoms with E-state index in [1.165, 1.54) is 12.1 Å². The van der Waals surface area contributed by atoms with Gasteiger partial charge in [0.1, 0.15) is 5.82 Å². The second kappa shape index (κ2) is 6.58. The van der Waals surface area contributed by atoms with Crippen LogP contribution in [-0.2, 0) is 4.79 Å². The number of carbonyl (C=O) groups excluding carboxylic acids is 1. The Labute approximate surface area is 132 Å². The number of nitrogens with one attached hydrogen (secondary N) is 1. The number of benzene rings is 1. The van der Waals surface area contributed by atoms with Gasteiger partial charge in [0.05, 0.1) is 12.5 Å². The molecule has 0 fully saturated rings. The first-order chi connectivity index (χ1) is 10.7. The highest BCUT2D eigenvalue weighted by Gasteiger charge is 2.18. The topological polar surface area (TPSA) is 34.0 Å². The number of halogens is 1. The van der Waals surface area contributed by atoms with E-state index in [2.05, 4.69) is 5.32 Å². The summed E-state index contributed by atoms with van der Waals surface area (Å²) in [6.45, 7) is 0. The van der Waals surface area contributed by atoms with Crippen molar-refractivity contribution in [3.63, 3.8) is 0 Å². The van der Waals surface area contributed by atoms with Crippen molar-refractivity contribution in [2.45, 2.75) is 12.5 Å². The van der Waals surface area contributed by atoms with Crippen molar-refractivity contribution in [2.24, 2.45) is 0 Å².